The summed E-state index contributed by atoms with van der Waals surface area (Å²) >= 11 is 0. The van der Waals surface area contributed by atoms with Crippen molar-refractivity contribution in [1.29, 1.82) is 0 Å². The molecule has 0 aliphatic rings. The van der Waals surface area contributed by atoms with E-state index in [-0.39, 0.29) is 18.4 Å². The fraction of sp³-hybridized carbons (Fsp3) is 0.667. The van der Waals surface area contributed by atoms with Crippen LogP contribution < -0.4 is 10.6 Å². The van der Waals surface area contributed by atoms with Crippen molar-refractivity contribution in [3.8, 4) is 0 Å². The van der Waals surface area contributed by atoms with Gasteiger partial charge in [0, 0.05) is 6.54 Å². The van der Waals surface area contributed by atoms with E-state index in [0.29, 0.717) is 18.9 Å². The first-order valence-electron chi connectivity index (χ1n) is 5.70. The molecule has 0 saturated heterocycles. The number of hydrogen-bond donors (Lipinski definition) is 2. The molecule has 1 unspecified atom stereocenters. The van der Waals surface area contributed by atoms with Gasteiger partial charge in [0.25, 0.3) is 0 Å². The summed E-state index contributed by atoms with van der Waals surface area (Å²) < 4.78 is 4.68. The number of hydrogen-bond acceptors (Lipinski definition) is 4. The number of methoxy groups -OCH3 is 1. The highest BCUT2D eigenvalue weighted by molar-refractivity contribution is 5.80. The van der Waals surface area contributed by atoms with Gasteiger partial charge in [-0.3, -0.25) is 14.9 Å². The molecule has 0 rings (SSSR count). The third-order valence-electron chi connectivity index (χ3n) is 2.15. The molecule has 0 fully saturated rings. The van der Waals surface area contributed by atoms with Crippen LogP contribution in [0.4, 0.5) is 0 Å². The van der Waals surface area contributed by atoms with Gasteiger partial charge < -0.3 is 10.1 Å². The fourth-order valence-corrected chi connectivity index (χ4v) is 1.34. The molecule has 0 aromatic rings. The molecule has 0 spiro atoms. The van der Waals surface area contributed by atoms with E-state index in [1.165, 1.54) is 7.11 Å². The number of esters is 1. The van der Waals surface area contributed by atoms with Gasteiger partial charge in [-0.15, -0.1) is 6.58 Å². The highest BCUT2D eigenvalue weighted by Gasteiger charge is 2.20. The third kappa shape index (κ3) is 7.52. The average molecular weight is 242 g/mol. The molecule has 5 nitrogen and oxygen atoms in total. The molecular formula is C12H22N2O3. The maximum Gasteiger partial charge on any atom is 0.322 e. The van der Waals surface area contributed by atoms with Crippen molar-refractivity contribution < 1.29 is 14.3 Å². The van der Waals surface area contributed by atoms with Crippen LogP contribution in [0, 0.1) is 5.92 Å². The summed E-state index contributed by atoms with van der Waals surface area (Å²) in [6.07, 6.45) is 2.24. The summed E-state index contributed by atoms with van der Waals surface area (Å²) in [5, 5.41) is 5.52. The molecule has 2 N–H and O–H groups in total. The minimum atomic E-state index is -0.436. The van der Waals surface area contributed by atoms with Gasteiger partial charge in [0.15, 0.2) is 0 Å². The van der Waals surface area contributed by atoms with Crippen molar-refractivity contribution in [2.24, 2.45) is 5.92 Å². The van der Waals surface area contributed by atoms with Crippen LogP contribution in [-0.4, -0.2) is 38.1 Å². The second kappa shape index (κ2) is 8.75. The van der Waals surface area contributed by atoms with Crippen molar-refractivity contribution in [3.63, 3.8) is 0 Å². The molecule has 5 heteroatoms. The second-order valence-electron chi connectivity index (χ2n) is 4.18. The summed E-state index contributed by atoms with van der Waals surface area (Å²) in [5.41, 5.74) is 0. The number of amides is 1. The summed E-state index contributed by atoms with van der Waals surface area (Å²) in [6.45, 7) is 8.04. The van der Waals surface area contributed by atoms with Crippen molar-refractivity contribution in [2.75, 3.05) is 20.2 Å². The first-order chi connectivity index (χ1) is 8.01. The second-order valence-corrected chi connectivity index (χ2v) is 4.18. The predicted octanol–water partition coefficient (Wildman–Crippen LogP) is 0.466. The first kappa shape index (κ1) is 15.6. The van der Waals surface area contributed by atoms with E-state index in [4.69, 9.17) is 0 Å². The maximum atomic E-state index is 11.4. The fourth-order valence-electron chi connectivity index (χ4n) is 1.34. The molecule has 0 aliphatic carbocycles. The zero-order valence-corrected chi connectivity index (χ0v) is 10.8. The van der Waals surface area contributed by atoms with Crippen LogP contribution in [-0.2, 0) is 14.3 Å². The minimum absolute atomic E-state index is 0.0975. The third-order valence-corrected chi connectivity index (χ3v) is 2.15. The number of carbonyl (C=O) groups excluding carboxylic acids is 2. The standard InChI is InChI=1S/C12H22N2O3/c1-5-6-13-11(15)8-14-10(7-9(2)3)12(16)17-4/h5,9-10,14H,1,6-8H2,2-4H3,(H,13,15). The molecule has 17 heavy (non-hydrogen) atoms. The van der Waals surface area contributed by atoms with E-state index in [9.17, 15) is 9.59 Å². The number of carbonyl (C=O) groups is 2. The smallest absolute Gasteiger partial charge is 0.322 e. The van der Waals surface area contributed by atoms with Crippen LogP contribution in [0.3, 0.4) is 0 Å². The van der Waals surface area contributed by atoms with Gasteiger partial charge >= 0.3 is 5.97 Å². The summed E-state index contributed by atoms with van der Waals surface area (Å²) in [4.78, 5) is 22.8. The van der Waals surface area contributed by atoms with E-state index < -0.39 is 6.04 Å². The highest BCUT2D eigenvalue weighted by atomic mass is 16.5. The molecule has 0 radical (unpaired) electrons. The average Bonchev–Trinajstić information content (AvgIpc) is 2.30. The lowest BCUT2D eigenvalue weighted by Gasteiger charge is -2.17. The molecule has 0 aromatic heterocycles. The van der Waals surface area contributed by atoms with E-state index in [2.05, 4.69) is 21.9 Å². The topological polar surface area (TPSA) is 67.4 Å². The lowest BCUT2D eigenvalue weighted by atomic mass is 10.0. The lowest BCUT2D eigenvalue weighted by molar-refractivity contribution is -0.143. The van der Waals surface area contributed by atoms with Crippen molar-refractivity contribution >= 4 is 11.9 Å². The molecule has 0 heterocycles. The van der Waals surface area contributed by atoms with Crippen LogP contribution in [0.1, 0.15) is 20.3 Å². The van der Waals surface area contributed by atoms with Gasteiger partial charge in [0.1, 0.15) is 6.04 Å². The molecule has 0 bridgehead atoms. The van der Waals surface area contributed by atoms with Gasteiger partial charge in [0.2, 0.25) is 5.91 Å². The highest BCUT2D eigenvalue weighted by Crippen LogP contribution is 2.05. The molecular weight excluding hydrogens is 220 g/mol. The van der Waals surface area contributed by atoms with E-state index >= 15 is 0 Å². The Labute approximate surface area is 103 Å². The van der Waals surface area contributed by atoms with Crippen molar-refractivity contribution in [1.82, 2.24) is 10.6 Å². The van der Waals surface area contributed by atoms with Crippen LogP contribution in [0.2, 0.25) is 0 Å². The normalized spacial score (nSPS) is 12.0. The van der Waals surface area contributed by atoms with Gasteiger partial charge in [-0.25, -0.2) is 0 Å². The van der Waals surface area contributed by atoms with Gasteiger partial charge in [-0.05, 0) is 12.3 Å². The first-order valence-corrected chi connectivity index (χ1v) is 5.70. The predicted molar refractivity (Wildman–Crippen MR) is 66.5 cm³/mol. The Morgan fingerprint density at radius 2 is 2.06 bits per heavy atom. The monoisotopic (exact) mass is 242 g/mol. The Morgan fingerprint density at radius 3 is 2.53 bits per heavy atom. The van der Waals surface area contributed by atoms with E-state index in [1.807, 2.05) is 13.8 Å². The number of rotatable bonds is 8. The Kier molecular flexibility index (Phi) is 8.05. The van der Waals surface area contributed by atoms with Crippen LogP contribution in [0.25, 0.3) is 0 Å². The summed E-state index contributed by atoms with van der Waals surface area (Å²) in [6, 6.07) is -0.436. The van der Waals surface area contributed by atoms with Crippen molar-refractivity contribution in [2.45, 2.75) is 26.3 Å². The van der Waals surface area contributed by atoms with E-state index in [1.54, 1.807) is 6.08 Å². The Hall–Kier alpha value is -1.36. The van der Waals surface area contributed by atoms with Crippen LogP contribution in [0.5, 0.6) is 0 Å². The van der Waals surface area contributed by atoms with Crippen LogP contribution >= 0.6 is 0 Å². The quantitative estimate of drug-likeness (QED) is 0.479. The Bertz CT molecular complexity index is 264. The number of ether oxygens (including phenoxy) is 1. The Morgan fingerprint density at radius 1 is 1.41 bits per heavy atom. The molecule has 0 aliphatic heterocycles. The molecule has 98 valence electrons. The molecule has 0 saturated carbocycles. The zero-order valence-electron chi connectivity index (χ0n) is 10.8. The Balaban J connectivity index is 4.11. The SMILES string of the molecule is C=CCNC(=O)CNC(CC(C)C)C(=O)OC. The van der Waals surface area contributed by atoms with Crippen molar-refractivity contribution in [3.05, 3.63) is 12.7 Å². The van der Waals surface area contributed by atoms with Gasteiger partial charge in [-0.2, -0.15) is 0 Å². The lowest BCUT2D eigenvalue weighted by Crippen LogP contribution is -2.44. The van der Waals surface area contributed by atoms with Gasteiger partial charge in [0.05, 0.1) is 13.7 Å². The van der Waals surface area contributed by atoms with Gasteiger partial charge in [-0.1, -0.05) is 19.9 Å². The van der Waals surface area contributed by atoms with Crippen LogP contribution in [0.15, 0.2) is 12.7 Å². The summed E-state index contributed by atoms with van der Waals surface area (Å²) in [7, 11) is 1.34. The molecule has 1 atom stereocenters. The molecule has 0 aromatic carbocycles. The van der Waals surface area contributed by atoms with E-state index in [0.717, 1.165) is 0 Å². The summed E-state index contributed by atoms with van der Waals surface area (Å²) in [5.74, 6) is -0.152. The zero-order chi connectivity index (χ0) is 13.3. The number of nitrogens with one attached hydrogen (secondary N) is 2. The maximum absolute atomic E-state index is 11.4. The molecule has 1 amide bonds. The minimum Gasteiger partial charge on any atom is -0.468 e. The largest absolute Gasteiger partial charge is 0.468 e.